The average molecular weight is 282 g/mol. The van der Waals surface area contributed by atoms with E-state index in [9.17, 15) is 9.59 Å². The first-order valence-corrected chi connectivity index (χ1v) is 8.01. The number of carboxylic acids is 1. The molecular weight excluding hydrogens is 252 g/mol. The fourth-order valence-corrected chi connectivity index (χ4v) is 2.22. The minimum absolute atomic E-state index is 0.222. The summed E-state index contributed by atoms with van der Waals surface area (Å²) in [6.07, 6.45) is 14.2. The highest BCUT2D eigenvalue weighted by Crippen LogP contribution is 2.11. The summed E-state index contributed by atoms with van der Waals surface area (Å²) in [5, 5.41) is 8.48. The SMILES string of the molecule is C=CCCCCCCCCC(=O)CCCCCC(=O)O. The standard InChI is InChI=1S/C17H30O3/c1-2-3-4-5-6-7-8-10-13-16(18)14-11-9-12-15-17(19)20/h2H,1,3-15H2,(H,19,20). The van der Waals surface area contributed by atoms with Crippen molar-refractivity contribution in [3.8, 4) is 0 Å². The molecule has 0 spiro atoms. The van der Waals surface area contributed by atoms with Gasteiger partial charge in [0.15, 0.2) is 0 Å². The van der Waals surface area contributed by atoms with Crippen molar-refractivity contribution in [2.75, 3.05) is 0 Å². The molecule has 0 fully saturated rings. The molecule has 3 heteroatoms. The van der Waals surface area contributed by atoms with Crippen molar-refractivity contribution in [3.05, 3.63) is 12.7 Å². The third kappa shape index (κ3) is 14.9. The molecular formula is C17H30O3. The fraction of sp³-hybridized carbons (Fsp3) is 0.765. The average Bonchev–Trinajstić information content (AvgIpc) is 2.41. The van der Waals surface area contributed by atoms with Crippen LogP contribution in [-0.2, 0) is 9.59 Å². The highest BCUT2D eigenvalue weighted by atomic mass is 16.4. The first-order chi connectivity index (χ1) is 9.66. The molecule has 0 aromatic carbocycles. The molecule has 0 saturated heterocycles. The molecule has 0 atom stereocenters. The number of rotatable bonds is 15. The largest absolute Gasteiger partial charge is 0.481 e. The maximum Gasteiger partial charge on any atom is 0.303 e. The van der Waals surface area contributed by atoms with Gasteiger partial charge in [-0.25, -0.2) is 0 Å². The Hall–Kier alpha value is -1.12. The molecule has 0 heterocycles. The Balaban J connectivity index is 3.20. The second-order valence-electron chi connectivity index (χ2n) is 5.44. The van der Waals surface area contributed by atoms with Crippen LogP contribution in [0.2, 0.25) is 0 Å². The zero-order valence-corrected chi connectivity index (χ0v) is 12.7. The predicted octanol–water partition coefficient (Wildman–Crippen LogP) is 4.90. The zero-order chi connectivity index (χ0) is 15.1. The normalized spacial score (nSPS) is 10.4. The van der Waals surface area contributed by atoms with Gasteiger partial charge in [-0.1, -0.05) is 38.2 Å². The summed E-state index contributed by atoms with van der Waals surface area (Å²) in [6.45, 7) is 3.71. The lowest BCUT2D eigenvalue weighted by Gasteiger charge is -2.02. The van der Waals surface area contributed by atoms with E-state index in [1.54, 1.807) is 0 Å². The summed E-state index contributed by atoms with van der Waals surface area (Å²) in [6, 6.07) is 0. The molecule has 0 radical (unpaired) electrons. The molecule has 0 aliphatic rings. The van der Waals surface area contributed by atoms with Gasteiger partial charge < -0.3 is 5.11 Å². The Morgan fingerprint density at radius 3 is 1.75 bits per heavy atom. The van der Waals surface area contributed by atoms with Crippen LogP contribution in [0.5, 0.6) is 0 Å². The molecule has 3 nitrogen and oxygen atoms in total. The summed E-state index contributed by atoms with van der Waals surface area (Å²) in [7, 11) is 0. The number of Topliss-reactive ketones (excluding diaryl/α,β-unsaturated/α-hetero) is 1. The van der Waals surface area contributed by atoms with E-state index in [1.807, 2.05) is 6.08 Å². The van der Waals surface area contributed by atoms with Crippen LogP contribution in [0.3, 0.4) is 0 Å². The van der Waals surface area contributed by atoms with E-state index in [1.165, 1.54) is 25.7 Å². The Bertz CT molecular complexity index is 271. The van der Waals surface area contributed by atoms with Crippen LogP contribution in [0.4, 0.5) is 0 Å². The first-order valence-electron chi connectivity index (χ1n) is 8.01. The van der Waals surface area contributed by atoms with Gasteiger partial charge in [0.2, 0.25) is 0 Å². The molecule has 116 valence electrons. The van der Waals surface area contributed by atoms with Gasteiger partial charge in [-0.05, 0) is 32.1 Å². The maximum atomic E-state index is 11.6. The van der Waals surface area contributed by atoms with Gasteiger partial charge in [-0.2, -0.15) is 0 Å². The van der Waals surface area contributed by atoms with Crippen molar-refractivity contribution < 1.29 is 14.7 Å². The second-order valence-corrected chi connectivity index (χ2v) is 5.44. The second kappa shape index (κ2) is 14.3. The molecule has 0 bridgehead atoms. The number of ketones is 1. The van der Waals surface area contributed by atoms with Crippen LogP contribution in [0.15, 0.2) is 12.7 Å². The fourth-order valence-electron chi connectivity index (χ4n) is 2.22. The quantitative estimate of drug-likeness (QED) is 0.343. The van der Waals surface area contributed by atoms with Crippen LogP contribution in [0.1, 0.15) is 83.5 Å². The molecule has 0 amide bonds. The van der Waals surface area contributed by atoms with Crippen LogP contribution in [0, 0.1) is 0 Å². The van der Waals surface area contributed by atoms with E-state index in [-0.39, 0.29) is 6.42 Å². The number of aliphatic carboxylic acids is 1. The number of hydrogen-bond donors (Lipinski definition) is 1. The number of carboxylic acid groups (broad SMARTS) is 1. The number of allylic oxidation sites excluding steroid dienone is 1. The van der Waals surface area contributed by atoms with Crippen molar-refractivity contribution in [3.63, 3.8) is 0 Å². The smallest absolute Gasteiger partial charge is 0.303 e. The molecule has 0 unspecified atom stereocenters. The van der Waals surface area contributed by atoms with Gasteiger partial charge in [-0.15, -0.1) is 6.58 Å². The Labute approximate surface area is 123 Å². The van der Waals surface area contributed by atoms with Crippen molar-refractivity contribution in [2.45, 2.75) is 83.5 Å². The zero-order valence-electron chi connectivity index (χ0n) is 12.7. The number of carbonyl (C=O) groups excluding carboxylic acids is 1. The van der Waals surface area contributed by atoms with E-state index < -0.39 is 5.97 Å². The third-order valence-electron chi connectivity index (χ3n) is 3.46. The molecule has 0 rings (SSSR count). The van der Waals surface area contributed by atoms with Gasteiger partial charge in [0.05, 0.1) is 0 Å². The van der Waals surface area contributed by atoms with Gasteiger partial charge in [0.25, 0.3) is 0 Å². The minimum atomic E-state index is -0.746. The predicted molar refractivity (Wildman–Crippen MR) is 82.9 cm³/mol. The van der Waals surface area contributed by atoms with Crippen LogP contribution < -0.4 is 0 Å². The van der Waals surface area contributed by atoms with Crippen molar-refractivity contribution >= 4 is 11.8 Å². The third-order valence-corrected chi connectivity index (χ3v) is 3.46. The van der Waals surface area contributed by atoms with Crippen molar-refractivity contribution in [2.24, 2.45) is 0 Å². The highest BCUT2D eigenvalue weighted by molar-refractivity contribution is 5.78. The van der Waals surface area contributed by atoms with Crippen molar-refractivity contribution in [1.29, 1.82) is 0 Å². The monoisotopic (exact) mass is 282 g/mol. The molecule has 0 aliphatic heterocycles. The number of carbonyl (C=O) groups is 2. The highest BCUT2D eigenvalue weighted by Gasteiger charge is 2.02. The molecule has 0 saturated carbocycles. The van der Waals surface area contributed by atoms with Crippen LogP contribution >= 0.6 is 0 Å². The number of hydrogen-bond acceptors (Lipinski definition) is 2. The molecule has 0 aromatic rings. The van der Waals surface area contributed by atoms with Crippen LogP contribution in [-0.4, -0.2) is 16.9 Å². The van der Waals surface area contributed by atoms with E-state index in [0.717, 1.165) is 32.1 Å². The molecule has 1 N–H and O–H groups in total. The van der Waals surface area contributed by atoms with E-state index in [0.29, 0.717) is 25.0 Å². The van der Waals surface area contributed by atoms with Gasteiger partial charge >= 0.3 is 5.97 Å². The van der Waals surface area contributed by atoms with E-state index in [2.05, 4.69) is 6.58 Å². The summed E-state index contributed by atoms with van der Waals surface area (Å²) in [5.74, 6) is -0.406. The lowest BCUT2D eigenvalue weighted by Crippen LogP contribution is -1.98. The van der Waals surface area contributed by atoms with Gasteiger partial charge in [-0.3, -0.25) is 9.59 Å². The Morgan fingerprint density at radius 2 is 1.20 bits per heavy atom. The molecule has 0 aliphatic carbocycles. The molecule has 20 heavy (non-hydrogen) atoms. The topological polar surface area (TPSA) is 54.4 Å². The van der Waals surface area contributed by atoms with E-state index >= 15 is 0 Å². The Morgan fingerprint density at radius 1 is 0.750 bits per heavy atom. The maximum absolute atomic E-state index is 11.6. The lowest BCUT2D eigenvalue weighted by atomic mass is 10.0. The Kier molecular flexibility index (Phi) is 13.5. The summed E-state index contributed by atoms with van der Waals surface area (Å²) in [5.41, 5.74) is 0. The van der Waals surface area contributed by atoms with Crippen LogP contribution in [0.25, 0.3) is 0 Å². The van der Waals surface area contributed by atoms with E-state index in [4.69, 9.17) is 5.11 Å². The number of unbranched alkanes of at least 4 members (excludes halogenated alkanes) is 8. The lowest BCUT2D eigenvalue weighted by molar-refractivity contribution is -0.137. The molecule has 0 aromatic heterocycles. The van der Waals surface area contributed by atoms with Crippen molar-refractivity contribution in [1.82, 2.24) is 0 Å². The minimum Gasteiger partial charge on any atom is -0.481 e. The first kappa shape index (κ1) is 18.9. The van der Waals surface area contributed by atoms with Gasteiger partial charge in [0, 0.05) is 19.3 Å². The van der Waals surface area contributed by atoms with Gasteiger partial charge in [0.1, 0.15) is 5.78 Å². The summed E-state index contributed by atoms with van der Waals surface area (Å²) >= 11 is 0. The summed E-state index contributed by atoms with van der Waals surface area (Å²) in [4.78, 5) is 21.9. The summed E-state index contributed by atoms with van der Waals surface area (Å²) < 4.78 is 0.